The number of carbonyl (C=O) groups excluding carboxylic acids is 2. The number of aliphatic imine (C=N–C) groups is 1. The van der Waals surface area contributed by atoms with Crippen LogP contribution in [0, 0.1) is 18.4 Å². The molecule has 2 bridgehead atoms. The van der Waals surface area contributed by atoms with Gasteiger partial charge in [-0.15, -0.1) is 11.3 Å². The number of benzene rings is 1. The first-order chi connectivity index (χ1) is 16.9. The highest BCUT2D eigenvalue weighted by atomic mass is 79.9. The number of rotatable bonds is 5. The van der Waals surface area contributed by atoms with Gasteiger partial charge < -0.3 is 25.0 Å². The van der Waals surface area contributed by atoms with E-state index in [2.05, 4.69) is 31.6 Å². The maximum Gasteiger partial charge on any atom is 0.262 e. The molecule has 3 aliphatic heterocycles. The van der Waals surface area contributed by atoms with Crippen LogP contribution in [-0.2, 0) is 14.3 Å². The summed E-state index contributed by atoms with van der Waals surface area (Å²) in [6.07, 6.45) is 3.49. The van der Waals surface area contributed by atoms with Gasteiger partial charge in [0.25, 0.3) is 11.8 Å². The lowest BCUT2D eigenvalue weighted by atomic mass is 9.80. The van der Waals surface area contributed by atoms with Crippen molar-refractivity contribution < 1.29 is 19.1 Å². The van der Waals surface area contributed by atoms with Crippen LogP contribution in [0.4, 0.5) is 11.4 Å². The molecule has 0 spiro atoms. The first-order valence-corrected chi connectivity index (χ1v) is 13.0. The third-order valence-electron chi connectivity index (χ3n) is 6.67. The van der Waals surface area contributed by atoms with Gasteiger partial charge in [0, 0.05) is 24.3 Å². The number of nitrogens with zero attached hydrogens (tertiary/aromatic N) is 3. The number of amidine groups is 1. The van der Waals surface area contributed by atoms with Gasteiger partial charge in [-0.1, -0.05) is 0 Å². The Morgan fingerprint density at radius 1 is 1.31 bits per heavy atom. The molecule has 2 N–H and O–H groups in total. The Bertz CT molecular complexity index is 1240. The highest BCUT2D eigenvalue weighted by Crippen LogP contribution is 2.43. The van der Waals surface area contributed by atoms with Gasteiger partial charge in [-0.05, 0) is 71.6 Å². The smallest absolute Gasteiger partial charge is 0.262 e. The standard InChI is InChI=1S/C24H24BrN5O4S/c1-14-10-15(2-4-17(14)30-8-9-33-12-21(30)27-13-26)28-23(32)24(11-16-3-6-19(24)34-16)29-22(31)18-5-7-20(25)35-18/h2,4-5,7,10,16,19H,3,6,8-9,11-12H2,1H3,(H,28,32)(H,29,31)/b27-21-. The Hall–Kier alpha value is -2.78. The van der Waals surface area contributed by atoms with E-state index in [0.717, 1.165) is 27.9 Å². The van der Waals surface area contributed by atoms with Gasteiger partial charge in [-0.3, -0.25) is 9.59 Å². The van der Waals surface area contributed by atoms with E-state index in [0.29, 0.717) is 36.0 Å². The lowest BCUT2D eigenvalue weighted by molar-refractivity contribution is -0.124. The van der Waals surface area contributed by atoms with E-state index in [-0.39, 0.29) is 30.6 Å². The van der Waals surface area contributed by atoms with Crippen molar-refractivity contribution in [1.29, 1.82) is 5.26 Å². The van der Waals surface area contributed by atoms with Crippen LogP contribution in [-0.4, -0.2) is 55.2 Å². The summed E-state index contributed by atoms with van der Waals surface area (Å²) in [5.74, 6) is -0.00581. The maximum atomic E-state index is 13.6. The number of fused-ring (bicyclic) bond motifs is 2. The molecule has 2 amide bonds. The number of hydrogen-bond acceptors (Lipinski definition) is 7. The molecule has 35 heavy (non-hydrogen) atoms. The summed E-state index contributed by atoms with van der Waals surface area (Å²) >= 11 is 4.71. The van der Waals surface area contributed by atoms with E-state index in [1.165, 1.54) is 11.3 Å². The van der Waals surface area contributed by atoms with Crippen molar-refractivity contribution in [3.63, 3.8) is 0 Å². The van der Waals surface area contributed by atoms with Crippen LogP contribution in [0.3, 0.4) is 0 Å². The maximum absolute atomic E-state index is 13.6. The fourth-order valence-corrected chi connectivity index (χ4v) is 6.33. The number of ether oxygens (including phenoxy) is 2. The van der Waals surface area contributed by atoms with Gasteiger partial charge in [0.2, 0.25) is 6.19 Å². The lowest BCUT2D eigenvalue weighted by Gasteiger charge is -2.35. The molecule has 3 unspecified atom stereocenters. The summed E-state index contributed by atoms with van der Waals surface area (Å²) in [5.41, 5.74) is 1.31. The number of aryl methyl sites for hydroxylation is 1. The van der Waals surface area contributed by atoms with Crippen LogP contribution in [0.15, 0.2) is 39.1 Å². The Morgan fingerprint density at radius 2 is 2.17 bits per heavy atom. The molecule has 9 nitrogen and oxygen atoms in total. The summed E-state index contributed by atoms with van der Waals surface area (Å²) in [4.78, 5) is 33.0. The van der Waals surface area contributed by atoms with Gasteiger partial charge in [-0.25, -0.2) is 0 Å². The van der Waals surface area contributed by atoms with E-state index >= 15 is 0 Å². The van der Waals surface area contributed by atoms with Crippen LogP contribution < -0.4 is 15.5 Å². The number of halogens is 1. The largest absolute Gasteiger partial charge is 0.372 e. The predicted octanol–water partition coefficient (Wildman–Crippen LogP) is 3.59. The monoisotopic (exact) mass is 557 g/mol. The zero-order chi connectivity index (χ0) is 24.6. The van der Waals surface area contributed by atoms with Crippen molar-refractivity contribution in [2.45, 2.75) is 43.9 Å². The van der Waals surface area contributed by atoms with Crippen molar-refractivity contribution in [3.8, 4) is 6.19 Å². The molecule has 3 saturated heterocycles. The third kappa shape index (κ3) is 4.59. The van der Waals surface area contributed by atoms with Crippen molar-refractivity contribution in [1.82, 2.24) is 5.32 Å². The summed E-state index contributed by atoms with van der Waals surface area (Å²) in [6.45, 7) is 3.34. The Morgan fingerprint density at radius 3 is 2.83 bits per heavy atom. The highest BCUT2D eigenvalue weighted by Gasteiger charge is 2.58. The molecule has 3 atom stereocenters. The first kappa shape index (κ1) is 23.9. The topological polar surface area (TPSA) is 116 Å². The summed E-state index contributed by atoms with van der Waals surface area (Å²) in [5, 5.41) is 15.0. The second-order valence-electron chi connectivity index (χ2n) is 8.85. The Kier molecular flexibility index (Phi) is 6.63. The van der Waals surface area contributed by atoms with Gasteiger partial charge in [0.05, 0.1) is 27.5 Å². The lowest BCUT2D eigenvalue weighted by Crippen LogP contribution is -2.62. The predicted molar refractivity (Wildman–Crippen MR) is 136 cm³/mol. The molecular weight excluding hydrogens is 534 g/mol. The number of amides is 2. The normalized spacial score (nSPS) is 26.5. The van der Waals surface area contributed by atoms with E-state index in [1.807, 2.05) is 42.3 Å². The van der Waals surface area contributed by atoms with Gasteiger partial charge in [0.1, 0.15) is 18.0 Å². The van der Waals surface area contributed by atoms with Crippen LogP contribution in [0.1, 0.15) is 34.5 Å². The van der Waals surface area contributed by atoms with Crippen molar-refractivity contribution in [3.05, 3.63) is 44.6 Å². The third-order valence-corrected chi connectivity index (χ3v) is 8.29. The van der Waals surface area contributed by atoms with E-state index in [1.54, 1.807) is 6.07 Å². The van der Waals surface area contributed by atoms with Crippen LogP contribution in [0.2, 0.25) is 0 Å². The average Bonchev–Trinajstić information content (AvgIpc) is 3.57. The highest BCUT2D eigenvalue weighted by molar-refractivity contribution is 9.11. The number of hydrogen-bond donors (Lipinski definition) is 2. The minimum atomic E-state index is -1.13. The molecular formula is C24H24BrN5O4S. The quantitative estimate of drug-likeness (QED) is 0.542. The number of carbonyl (C=O) groups is 2. The molecule has 0 saturated carbocycles. The summed E-state index contributed by atoms with van der Waals surface area (Å²) in [6, 6.07) is 9.15. The van der Waals surface area contributed by atoms with Crippen LogP contribution in [0.5, 0.6) is 0 Å². The number of morpholine rings is 1. The number of nitriles is 1. The second kappa shape index (κ2) is 9.70. The van der Waals surface area contributed by atoms with Crippen molar-refractivity contribution in [2.24, 2.45) is 4.99 Å². The molecule has 4 heterocycles. The number of anilines is 2. The Balaban J connectivity index is 1.37. The molecule has 5 rings (SSSR count). The van der Waals surface area contributed by atoms with Crippen molar-refractivity contribution >= 4 is 56.3 Å². The van der Waals surface area contributed by atoms with Crippen LogP contribution in [0.25, 0.3) is 0 Å². The van der Waals surface area contributed by atoms with E-state index in [4.69, 9.17) is 14.7 Å². The molecule has 2 aromatic rings. The molecule has 0 radical (unpaired) electrons. The van der Waals surface area contributed by atoms with Gasteiger partial charge in [-0.2, -0.15) is 10.3 Å². The molecule has 182 valence electrons. The fraction of sp³-hybridized carbons (Fsp3) is 0.417. The zero-order valence-electron chi connectivity index (χ0n) is 19.0. The second-order valence-corrected chi connectivity index (χ2v) is 11.3. The zero-order valence-corrected chi connectivity index (χ0v) is 21.4. The van der Waals surface area contributed by atoms with E-state index in [9.17, 15) is 9.59 Å². The fourth-order valence-electron chi connectivity index (χ4n) is 5.05. The molecule has 11 heteroatoms. The first-order valence-electron chi connectivity index (χ1n) is 11.4. The Labute approximate surface area is 215 Å². The molecule has 1 aromatic carbocycles. The SMILES string of the molecule is Cc1cc(NC(=O)C2(NC(=O)c3ccc(Br)s3)CC3CCC2O3)ccc1N1CCOC/C1=N/C#N. The molecule has 3 fully saturated rings. The minimum Gasteiger partial charge on any atom is -0.372 e. The minimum absolute atomic E-state index is 0.0376. The number of nitrogens with one attached hydrogen (secondary N) is 2. The summed E-state index contributed by atoms with van der Waals surface area (Å²) < 4.78 is 12.3. The number of thiophene rings is 1. The van der Waals surface area contributed by atoms with E-state index < -0.39 is 5.54 Å². The molecule has 1 aromatic heterocycles. The van der Waals surface area contributed by atoms with Gasteiger partial charge in [0.15, 0.2) is 0 Å². The molecule has 3 aliphatic rings. The molecule has 0 aliphatic carbocycles. The van der Waals surface area contributed by atoms with Crippen molar-refractivity contribution in [2.75, 3.05) is 30.0 Å². The average molecular weight is 558 g/mol. The summed E-state index contributed by atoms with van der Waals surface area (Å²) in [7, 11) is 0. The van der Waals surface area contributed by atoms with Crippen LogP contribution >= 0.6 is 27.3 Å². The van der Waals surface area contributed by atoms with Gasteiger partial charge >= 0.3 is 0 Å².